The molecule has 0 radical (unpaired) electrons. The molecule has 0 saturated carbocycles. The second-order valence-electron chi connectivity index (χ2n) is 19.6. The highest BCUT2D eigenvalue weighted by Gasteiger charge is 2.39. The summed E-state index contributed by atoms with van der Waals surface area (Å²) in [5.74, 6) is 0. The van der Waals surface area contributed by atoms with Crippen molar-refractivity contribution in [1.29, 1.82) is 0 Å². The first-order chi connectivity index (χ1) is 26.8. The van der Waals surface area contributed by atoms with Crippen molar-refractivity contribution in [2.45, 2.75) is 111 Å². The summed E-state index contributed by atoms with van der Waals surface area (Å²) in [7, 11) is 0. The standard InChI is InChI=1S/C44H50.C13H12/c1-13-33-27(2)43(9,10)37-23-29(17-19-34(33)37)21-28-15-14-16-30(22-28)36-24-32(42(6,7)8)26-39-40(36)35-20-18-31(41(3,4)5)25-38(35)44(39,11)12;1-11-7-9-13(10-8-11)12-5-3-2-4-6-12/h13-20,22-26H,2,21H2,1,3-12H3;2-10H,1H3/b33-13+;. The Bertz CT molecular complexity index is 2500. The van der Waals surface area contributed by atoms with Crippen LogP contribution in [0, 0.1) is 6.92 Å². The molecule has 0 aromatic heterocycles. The van der Waals surface area contributed by atoms with Gasteiger partial charge >= 0.3 is 0 Å². The van der Waals surface area contributed by atoms with Gasteiger partial charge in [0.1, 0.15) is 0 Å². The topological polar surface area (TPSA) is 0 Å². The molecule has 0 fully saturated rings. The summed E-state index contributed by atoms with van der Waals surface area (Å²) in [6.45, 7) is 32.1. The van der Waals surface area contributed by atoms with E-state index in [1.165, 1.54) is 94.6 Å². The molecule has 0 N–H and O–H groups in total. The number of benzene rings is 6. The molecule has 0 atom stereocenters. The highest BCUT2D eigenvalue weighted by molar-refractivity contribution is 5.93. The van der Waals surface area contributed by atoms with Crippen LogP contribution in [0.5, 0.6) is 0 Å². The van der Waals surface area contributed by atoms with Crippen LogP contribution in [-0.2, 0) is 28.1 Å². The number of aryl methyl sites for hydroxylation is 1. The van der Waals surface area contributed by atoms with E-state index in [9.17, 15) is 0 Å². The molecule has 57 heavy (non-hydrogen) atoms. The highest BCUT2D eigenvalue weighted by atomic mass is 14.4. The summed E-state index contributed by atoms with van der Waals surface area (Å²) in [6, 6.07) is 47.6. The van der Waals surface area contributed by atoms with Crippen LogP contribution in [0.4, 0.5) is 0 Å². The summed E-state index contributed by atoms with van der Waals surface area (Å²) in [5, 5.41) is 0. The van der Waals surface area contributed by atoms with E-state index in [0.717, 1.165) is 6.42 Å². The van der Waals surface area contributed by atoms with Gasteiger partial charge in [-0.3, -0.25) is 0 Å². The summed E-state index contributed by atoms with van der Waals surface area (Å²) in [5.41, 5.74) is 23.0. The van der Waals surface area contributed by atoms with Crippen LogP contribution in [0.15, 0.2) is 146 Å². The fourth-order valence-corrected chi connectivity index (χ4v) is 8.88. The largest absolute Gasteiger partial charge is 0.0943 e. The molecule has 0 heterocycles. The van der Waals surface area contributed by atoms with Crippen molar-refractivity contribution in [3.05, 3.63) is 196 Å². The van der Waals surface area contributed by atoms with Gasteiger partial charge in [-0.2, -0.15) is 0 Å². The number of hydrogen-bond acceptors (Lipinski definition) is 0. The van der Waals surface area contributed by atoms with Crippen molar-refractivity contribution in [2.24, 2.45) is 0 Å². The van der Waals surface area contributed by atoms with Crippen molar-refractivity contribution >= 4 is 5.57 Å². The first-order valence-corrected chi connectivity index (χ1v) is 20.9. The molecule has 0 amide bonds. The predicted molar refractivity (Wildman–Crippen MR) is 249 cm³/mol. The lowest BCUT2D eigenvalue weighted by atomic mass is 9.76. The summed E-state index contributed by atoms with van der Waals surface area (Å²) in [6.07, 6.45) is 3.12. The van der Waals surface area contributed by atoms with Gasteiger partial charge in [0.2, 0.25) is 0 Å². The van der Waals surface area contributed by atoms with Gasteiger partial charge in [-0.25, -0.2) is 0 Å². The van der Waals surface area contributed by atoms with E-state index in [2.05, 4.69) is 217 Å². The second kappa shape index (κ2) is 14.6. The van der Waals surface area contributed by atoms with Crippen LogP contribution >= 0.6 is 0 Å². The lowest BCUT2D eigenvalue weighted by Gasteiger charge is -2.27. The minimum Gasteiger partial charge on any atom is -0.0943 e. The van der Waals surface area contributed by atoms with Gasteiger partial charge in [0, 0.05) is 10.8 Å². The minimum absolute atomic E-state index is 0.0456. The van der Waals surface area contributed by atoms with E-state index in [1.807, 2.05) is 6.07 Å². The Morgan fingerprint density at radius 2 is 1.09 bits per heavy atom. The zero-order valence-electron chi connectivity index (χ0n) is 36.6. The van der Waals surface area contributed by atoms with E-state index in [4.69, 9.17) is 0 Å². The van der Waals surface area contributed by atoms with E-state index in [0.29, 0.717) is 0 Å². The second-order valence-corrected chi connectivity index (χ2v) is 19.6. The summed E-state index contributed by atoms with van der Waals surface area (Å²) >= 11 is 0. The van der Waals surface area contributed by atoms with Gasteiger partial charge < -0.3 is 0 Å². The third-order valence-corrected chi connectivity index (χ3v) is 12.7. The third kappa shape index (κ3) is 7.52. The van der Waals surface area contributed by atoms with E-state index in [1.54, 1.807) is 0 Å². The Kier molecular flexibility index (Phi) is 10.3. The van der Waals surface area contributed by atoms with Crippen LogP contribution in [0.3, 0.4) is 0 Å². The first kappa shape index (κ1) is 40.0. The molecule has 0 heteroatoms. The van der Waals surface area contributed by atoms with Gasteiger partial charge in [-0.15, -0.1) is 0 Å². The molecule has 0 bridgehead atoms. The first-order valence-electron chi connectivity index (χ1n) is 20.9. The predicted octanol–water partition coefficient (Wildman–Crippen LogP) is 15.8. The maximum atomic E-state index is 4.46. The van der Waals surface area contributed by atoms with E-state index < -0.39 is 0 Å². The monoisotopic (exact) mass is 746 g/mol. The lowest BCUT2D eigenvalue weighted by molar-refractivity contribution is 0.580. The molecule has 0 spiro atoms. The van der Waals surface area contributed by atoms with E-state index in [-0.39, 0.29) is 21.7 Å². The van der Waals surface area contributed by atoms with Crippen LogP contribution < -0.4 is 0 Å². The van der Waals surface area contributed by atoms with Gasteiger partial charge in [0.15, 0.2) is 0 Å². The minimum atomic E-state index is -0.0629. The molecule has 290 valence electrons. The van der Waals surface area contributed by atoms with Crippen molar-refractivity contribution in [1.82, 2.24) is 0 Å². The Morgan fingerprint density at radius 3 is 1.74 bits per heavy atom. The molecule has 0 nitrogen and oxygen atoms in total. The molecule has 0 saturated heterocycles. The molecular formula is C57H62. The Balaban J connectivity index is 0.000000322. The molecule has 6 aromatic carbocycles. The van der Waals surface area contributed by atoms with E-state index >= 15 is 0 Å². The number of fused-ring (bicyclic) bond motifs is 4. The van der Waals surface area contributed by atoms with Gasteiger partial charge in [0.05, 0.1) is 0 Å². The molecule has 0 aliphatic heterocycles. The van der Waals surface area contributed by atoms with Gasteiger partial charge in [0.25, 0.3) is 0 Å². The zero-order chi connectivity index (χ0) is 41.1. The van der Waals surface area contributed by atoms with Crippen LogP contribution in [0.25, 0.3) is 39.0 Å². The fourth-order valence-electron chi connectivity index (χ4n) is 8.88. The number of hydrogen-bond donors (Lipinski definition) is 0. The molecule has 8 rings (SSSR count). The fraction of sp³-hybridized carbons (Fsp3) is 0.298. The number of allylic oxidation sites excluding steroid dienone is 3. The molecule has 0 unspecified atom stereocenters. The van der Waals surface area contributed by atoms with Crippen molar-refractivity contribution in [2.75, 3.05) is 0 Å². The Hall–Kier alpha value is -5.20. The van der Waals surface area contributed by atoms with Crippen molar-refractivity contribution in [3.63, 3.8) is 0 Å². The average molecular weight is 747 g/mol. The SMILES string of the molecule is C=C1/C(=C\C)c2ccc(Cc3cccc(-c4cc(C(C)(C)C)cc5c4-c4ccc(C(C)(C)C)cc4C5(C)C)c3)cc2C1(C)C.Cc1ccc(-c2ccccc2)cc1. The van der Waals surface area contributed by atoms with Crippen molar-refractivity contribution in [3.8, 4) is 33.4 Å². The smallest absolute Gasteiger partial charge is 0.0159 e. The summed E-state index contributed by atoms with van der Waals surface area (Å²) < 4.78 is 0. The molecule has 6 aromatic rings. The maximum Gasteiger partial charge on any atom is 0.0159 e. The average Bonchev–Trinajstić information content (AvgIpc) is 3.52. The van der Waals surface area contributed by atoms with Gasteiger partial charge in [-0.1, -0.05) is 209 Å². The Labute approximate surface area is 344 Å². The third-order valence-electron chi connectivity index (χ3n) is 12.7. The normalized spacial score (nSPS) is 15.8. The molecule has 2 aliphatic carbocycles. The summed E-state index contributed by atoms with van der Waals surface area (Å²) in [4.78, 5) is 0. The van der Waals surface area contributed by atoms with Crippen LogP contribution in [0.1, 0.15) is 126 Å². The zero-order valence-corrected chi connectivity index (χ0v) is 36.6. The maximum absolute atomic E-state index is 4.46. The van der Waals surface area contributed by atoms with Crippen molar-refractivity contribution < 1.29 is 0 Å². The van der Waals surface area contributed by atoms with Gasteiger partial charge in [-0.05, 0) is 126 Å². The quantitative estimate of drug-likeness (QED) is 0.168. The van der Waals surface area contributed by atoms with Crippen LogP contribution in [-0.4, -0.2) is 0 Å². The molecule has 2 aliphatic rings. The Morgan fingerprint density at radius 1 is 0.509 bits per heavy atom. The number of rotatable bonds is 4. The molecular weight excluding hydrogens is 685 g/mol. The van der Waals surface area contributed by atoms with Crippen LogP contribution in [0.2, 0.25) is 0 Å². The lowest BCUT2D eigenvalue weighted by Crippen LogP contribution is -2.19. The highest BCUT2D eigenvalue weighted by Crippen LogP contribution is 2.54.